The van der Waals surface area contributed by atoms with Gasteiger partial charge in [-0.05, 0) is 55.3 Å². The van der Waals surface area contributed by atoms with Crippen molar-refractivity contribution in [2.45, 2.75) is 12.8 Å². The van der Waals surface area contributed by atoms with Gasteiger partial charge in [-0.3, -0.25) is 0 Å². The van der Waals surface area contributed by atoms with Crippen LogP contribution in [0.3, 0.4) is 0 Å². The maximum Gasteiger partial charge on any atom is 0.162 e. The standard InChI is InChI=1S/C23H15Cl2NO2/c1-27-17-4-2-3-14(11-17)5-8-18-20-12-15(24)7-10-21(20)26-23(18)19-9-6-16(25)13-22(19)28-26/h2-4,7,10-13H,6,9H2,1H3. The zero-order chi connectivity index (χ0) is 19.3. The van der Waals surface area contributed by atoms with E-state index in [1.54, 1.807) is 7.11 Å². The minimum Gasteiger partial charge on any atom is -0.497 e. The molecule has 1 aliphatic rings. The highest BCUT2D eigenvalue weighted by atomic mass is 35.5. The highest BCUT2D eigenvalue weighted by Gasteiger charge is 2.23. The number of ether oxygens (including phenoxy) is 1. The number of nitrogens with zero attached hydrogens (tertiary/aromatic N) is 1. The molecule has 2 aromatic heterocycles. The summed E-state index contributed by atoms with van der Waals surface area (Å²) in [6.07, 6.45) is 3.52. The zero-order valence-electron chi connectivity index (χ0n) is 15.1. The van der Waals surface area contributed by atoms with Crippen LogP contribution in [0, 0.1) is 11.8 Å². The Hall–Kier alpha value is -2.80. The van der Waals surface area contributed by atoms with Crippen molar-refractivity contribution in [1.29, 1.82) is 0 Å². The van der Waals surface area contributed by atoms with Crippen LogP contribution in [-0.4, -0.2) is 11.7 Å². The lowest BCUT2D eigenvalue weighted by Gasteiger charge is -2.05. The molecule has 2 heterocycles. The van der Waals surface area contributed by atoms with Crippen LogP contribution < -0.4 is 4.74 Å². The molecule has 0 fully saturated rings. The minimum absolute atomic E-state index is 0.669. The quantitative estimate of drug-likeness (QED) is 0.347. The molecular formula is C23H15Cl2NO2. The Kier molecular flexibility index (Phi) is 4.12. The molecule has 0 atom stereocenters. The van der Waals surface area contributed by atoms with Crippen LogP contribution in [0.4, 0.5) is 0 Å². The van der Waals surface area contributed by atoms with Crippen LogP contribution in [-0.2, 0) is 6.42 Å². The molecule has 0 spiro atoms. The van der Waals surface area contributed by atoms with E-state index in [0.717, 1.165) is 62.5 Å². The van der Waals surface area contributed by atoms with Gasteiger partial charge in [0, 0.05) is 26.6 Å². The molecule has 0 unspecified atom stereocenters. The second kappa shape index (κ2) is 6.67. The van der Waals surface area contributed by atoms with Gasteiger partial charge in [0.05, 0.1) is 18.2 Å². The predicted molar refractivity (Wildman–Crippen MR) is 113 cm³/mol. The molecule has 0 radical (unpaired) electrons. The highest BCUT2D eigenvalue weighted by Crippen LogP contribution is 2.37. The van der Waals surface area contributed by atoms with Crippen LogP contribution >= 0.6 is 23.2 Å². The summed E-state index contributed by atoms with van der Waals surface area (Å²) in [5.74, 6) is 8.19. The summed E-state index contributed by atoms with van der Waals surface area (Å²) < 4.78 is 13.3. The number of aryl methyl sites for hydroxylation is 1. The van der Waals surface area contributed by atoms with Crippen LogP contribution in [0.1, 0.15) is 28.9 Å². The molecule has 0 bridgehead atoms. The number of hydrogen-bond acceptors (Lipinski definition) is 2. The Morgan fingerprint density at radius 3 is 2.82 bits per heavy atom. The number of methoxy groups -OCH3 is 1. The first kappa shape index (κ1) is 17.3. The van der Waals surface area contributed by atoms with Gasteiger partial charge >= 0.3 is 0 Å². The van der Waals surface area contributed by atoms with Crippen molar-refractivity contribution in [2.24, 2.45) is 0 Å². The smallest absolute Gasteiger partial charge is 0.162 e. The lowest BCUT2D eigenvalue weighted by atomic mass is 10.0. The van der Waals surface area contributed by atoms with E-state index in [9.17, 15) is 0 Å². The average Bonchev–Trinajstić information content (AvgIpc) is 3.20. The van der Waals surface area contributed by atoms with Gasteiger partial charge < -0.3 is 9.26 Å². The second-order valence-corrected chi connectivity index (χ2v) is 7.61. The van der Waals surface area contributed by atoms with E-state index < -0.39 is 0 Å². The number of rotatable bonds is 1. The molecule has 5 rings (SSSR count). The number of allylic oxidation sites excluding steroid dienone is 1. The van der Waals surface area contributed by atoms with E-state index in [1.165, 1.54) is 0 Å². The largest absolute Gasteiger partial charge is 0.497 e. The summed E-state index contributed by atoms with van der Waals surface area (Å²) >= 11 is 12.5. The van der Waals surface area contributed by atoms with Gasteiger partial charge in [0.2, 0.25) is 0 Å². The molecule has 2 aromatic carbocycles. The molecule has 0 saturated carbocycles. The zero-order valence-corrected chi connectivity index (χ0v) is 16.6. The van der Waals surface area contributed by atoms with Crippen molar-refractivity contribution in [3.05, 3.63) is 75.0 Å². The van der Waals surface area contributed by atoms with Crippen molar-refractivity contribution < 1.29 is 9.26 Å². The first-order chi connectivity index (χ1) is 13.6. The average molecular weight is 408 g/mol. The van der Waals surface area contributed by atoms with E-state index in [4.69, 9.17) is 32.5 Å². The van der Waals surface area contributed by atoms with E-state index >= 15 is 0 Å². The van der Waals surface area contributed by atoms with E-state index in [0.29, 0.717) is 5.02 Å². The number of hydrogen-bond donors (Lipinski definition) is 0. The molecule has 138 valence electrons. The third kappa shape index (κ3) is 2.77. The summed E-state index contributed by atoms with van der Waals surface area (Å²) in [6, 6.07) is 13.5. The van der Waals surface area contributed by atoms with E-state index in [-0.39, 0.29) is 0 Å². The van der Waals surface area contributed by atoms with Crippen molar-refractivity contribution in [3.8, 4) is 17.6 Å². The SMILES string of the molecule is COc1cccc(C#Cc2c3cc(Cl)ccc3n3oc4c(c23)CCC(Cl)=C4)c1. The third-order valence-electron chi connectivity index (χ3n) is 4.96. The van der Waals surface area contributed by atoms with Gasteiger partial charge in [-0.2, -0.15) is 4.57 Å². The molecule has 0 N–H and O–H groups in total. The number of fused-ring (bicyclic) bond motifs is 5. The molecular weight excluding hydrogens is 393 g/mol. The summed E-state index contributed by atoms with van der Waals surface area (Å²) in [5, 5.41) is 2.45. The summed E-state index contributed by atoms with van der Waals surface area (Å²) in [5.41, 5.74) is 4.86. The number of benzene rings is 2. The highest BCUT2D eigenvalue weighted by molar-refractivity contribution is 6.32. The first-order valence-corrected chi connectivity index (χ1v) is 9.67. The molecule has 5 heteroatoms. The minimum atomic E-state index is 0.669. The molecule has 3 nitrogen and oxygen atoms in total. The Bertz CT molecular complexity index is 1330. The van der Waals surface area contributed by atoms with Crippen molar-refractivity contribution in [2.75, 3.05) is 7.11 Å². The van der Waals surface area contributed by atoms with Gasteiger partial charge in [-0.25, -0.2) is 0 Å². The van der Waals surface area contributed by atoms with Crippen molar-refractivity contribution in [3.63, 3.8) is 0 Å². The fourth-order valence-corrected chi connectivity index (χ4v) is 4.02. The monoisotopic (exact) mass is 407 g/mol. The van der Waals surface area contributed by atoms with E-state index in [1.807, 2.05) is 53.1 Å². The fourth-order valence-electron chi connectivity index (χ4n) is 3.65. The van der Waals surface area contributed by atoms with Gasteiger partial charge in [0.25, 0.3) is 0 Å². The number of halogens is 2. The number of aromatic nitrogens is 1. The lowest BCUT2D eigenvalue weighted by Crippen LogP contribution is -1.93. The summed E-state index contributed by atoms with van der Waals surface area (Å²) in [6.45, 7) is 0. The van der Waals surface area contributed by atoms with Gasteiger partial charge in [-0.1, -0.05) is 41.1 Å². The Labute approximate surface area is 172 Å². The second-order valence-electron chi connectivity index (χ2n) is 6.69. The predicted octanol–water partition coefficient (Wildman–Crippen LogP) is 6.27. The first-order valence-electron chi connectivity index (χ1n) is 8.92. The molecule has 28 heavy (non-hydrogen) atoms. The normalized spacial score (nSPS) is 13.2. The van der Waals surface area contributed by atoms with Crippen LogP contribution in [0.2, 0.25) is 5.02 Å². The maximum atomic E-state index is 6.27. The maximum absolute atomic E-state index is 6.27. The van der Waals surface area contributed by atoms with Gasteiger partial charge in [-0.15, -0.1) is 0 Å². The molecule has 0 saturated heterocycles. The van der Waals surface area contributed by atoms with Crippen LogP contribution in [0.15, 0.2) is 52.0 Å². The Balaban J connectivity index is 1.78. The third-order valence-corrected chi connectivity index (χ3v) is 5.50. The molecule has 4 aromatic rings. The van der Waals surface area contributed by atoms with Crippen LogP contribution in [0.5, 0.6) is 5.75 Å². The molecule has 0 amide bonds. The van der Waals surface area contributed by atoms with E-state index in [2.05, 4.69) is 11.8 Å². The Morgan fingerprint density at radius 2 is 1.96 bits per heavy atom. The fraction of sp³-hybridized carbons (Fsp3) is 0.130. The topological polar surface area (TPSA) is 26.8 Å². The molecule has 1 aliphatic carbocycles. The summed E-state index contributed by atoms with van der Waals surface area (Å²) in [4.78, 5) is 0. The van der Waals surface area contributed by atoms with Crippen molar-refractivity contribution >= 4 is 45.7 Å². The van der Waals surface area contributed by atoms with Gasteiger partial charge in [0.15, 0.2) is 5.76 Å². The lowest BCUT2D eigenvalue weighted by molar-refractivity contribution is 0.381. The van der Waals surface area contributed by atoms with Crippen LogP contribution in [0.25, 0.3) is 22.5 Å². The summed E-state index contributed by atoms with van der Waals surface area (Å²) in [7, 11) is 1.65. The van der Waals surface area contributed by atoms with Gasteiger partial charge in [0.1, 0.15) is 11.3 Å². The molecule has 0 aliphatic heterocycles. The Morgan fingerprint density at radius 1 is 1.07 bits per heavy atom. The van der Waals surface area contributed by atoms with Crippen molar-refractivity contribution in [1.82, 2.24) is 4.57 Å².